The first-order valence-corrected chi connectivity index (χ1v) is 11.7. The van der Waals surface area contributed by atoms with Gasteiger partial charge in [0.2, 0.25) is 5.91 Å². The van der Waals surface area contributed by atoms with Crippen molar-refractivity contribution in [3.63, 3.8) is 0 Å². The van der Waals surface area contributed by atoms with Gasteiger partial charge in [-0.15, -0.1) is 0 Å². The summed E-state index contributed by atoms with van der Waals surface area (Å²) in [6.07, 6.45) is 6.87. The molecule has 3 aromatic rings. The summed E-state index contributed by atoms with van der Waals surface area (Å²) in [5.74, 6) is -0.275. The molecule has 1 amide bonds. The zero-order chi connectivity index (χ0) is 23.4. The molecule has 7 rings (SSSR count). The molecule has 2 aromatic carbocycles. The van der Waals surface area contributed by atoms with Crippen molar-refractivity contribution in [1.29, 1.82) is 5.26 Å². The Morgan fingerprint density at radius 2 is 1.88 bits per heavy atom. The minimum Gasteiger partial charge on any atom is -0.273 e. The van der Waals surface area contributed by atoms with Crippen LogP contribution in [0.15, 0.2) is 47.7 Å². The van der Waals surface area contributed by atoms with Gasteiger partial charge in [-0.1, -0.05) is 0 Å². The Kier molecular flexibility index (Phi) is 4.94. The monoisotopic (exact) mass is 459 g/mol. The van der Waals surface area contributed by atoms with E-state index in [9.17, 15) is 13.6 Å². The quantitative estimate of drug-likeness (QED) is 0.562. The lowest BCUT2D eigenvalue weighted by Crippen LogP contribution is -2.49. The fourth-order valence-electron chi connectivity index (χ4n) is 5.97. The second kappa shape index (κ2) is 8.01. The van der Waals surface area contributed by atoms with Gasteiger partial charge in [0.25, 0.3) is 0 Å². The molecule has 3 aliphatic carbocycles. The number of hydrazone groups is 1. The first-order chi connectivity index (χ1) is 16.5. The molecule has 1 aliphatic heterocycles. The number of nitriles is 1. The minimum atomic E-state index is -0.651. The molecule has 0 spiro atoms. The summed E-state index contributed by atoms with van der Waals surface area (Å²) in [4.78, 5) is 13.6. The Hall–Kier alpha value is -3.60. The van der Waals surface area contributed by atoms with Crippen LogP contribution in [0.4, 0.5) is 8.78 Å². The van der Waals surface area contributed by atoms with Gasteiger partial charge in [0.1, 0.15) is 11.6 Å². The summed E-state index contributed by atoms with van der Waals surface area (Å²) in [7, 11) is 0. The van der Waals surface area contributed by atoms with E-state index in [1.807, 2.05) is 16.9 Å². The van der Waals surface area contributed by atoms with Gasteiger partial charge in [-0.3, -0.25) is 9.48 Å². The minimum absolute atomic E-state index is 0.0548. The van der Waals surface area contributed by atoms with Crippen LogP contribution in [0.3, 0.4) is 0 Å². The maximum absolute atomic E-state index is 13.8. The first kappa shape index (κ1) is 21.0. The first-order valence-electron chi connectivity index (χ1n) is 11.7. The molecule has 8 heteroatoms. The van der Waals surface area contributed by atoms with Crippen LogP contribution in [0.1, 0.15) is 42.9 Å². The SMILES string of the molecule is N#Cc1ccc2cn(CC3C[C@H](C(=O)N4N=CCC4c4cc(F)cc(F)c4)C4CC3C4)nc2c1. The highest BCUT2D eigenvalue weighted by molar-refractivity contribution is 5.82. The number of benzene rings is 2. The molecular weight excluding hydrogens is 436 g/mol. The Balaban J connectivity index is 1.20. The van der Waals surface area contributed by atoms with Gasteiger partial charge >= 0.3 is 0 Å². The molecule has 0 radical (unpaired) electrons. The molecule has 0 saturated heterocycles. The van der Waals surface area contributed by atoms with E-state index in [1.54, 1.807) is 18.3 Å². The van der Waals surface area contributed by atoms with Gasteiger partial charge in [-0.2, -0.15) is 15.5 Å². The van der Waals surface area contributed by atoms with Crippen molar-refractivity contribution in [3.8, 4) is 6.07 Å². The summed E-state index contributed by atoms with van der Waals surface area (Å²) in [6, 6.07) is 10.6. The van der Waals surface area contributed by atoms with E-state index in [-0.39, 0.29) is 11.8 Å². The normalized spacial score (nSPS) is 27.6. The number of fused-ring (bicyclic) bond motifs is 3. The van der Waals surface area contributed by atoms with Crippen LogP contribution in [0.5, 0.6) is 0 Å². The van der Waals surface area contributed by atoms with Crippen LogP contribution in [-0.4, -0.2) is 26.9 Å². The molecule has 3 fully saturated rings. The van der Waals surface area contributed by atoms with E-state index >= 15 is 0 Å². The summed E-state index contributed by atoms with van der Waals surface area (Å²) in [5, 5.41) is 20.5. The van der Waals surface area contributed by atoms with Crippen LogP contribution in [0.25, 0.3) is 10.9 Å². The maximum Gasteiger partial charge on any atom is 0.246 e. The fraction of sp³-hybridized carbons (Fsp3) is 0.385. The third-order valence-corrected chi connectivity index (χ3v) is 7.75. The van der Waals surface area contributed by atoms with Crippen molar-refractivity contribution in [2.45, 2.75) is 38.3 Å². The van der Waals surface area contributed by atoms with Gasteiger partial charge in [0, 0.05) is 42.7 Å². The highest BCUT2D eigenvalue weighted by atomic mass is 19.1. The van der Waals surface area contributed by atoms with Crippen LogP contribution >= 0.6 is 0 Å². The van der Waals surface area contributed by atoms with Gasteiger partial charge < -0.3 is 0 Å². The van der Waals surface area contributed by atoms with E-state index in [0.29, 0.717) is 35.3 Å². The predicted octanol–water partition coefficient (Wildman–Crippen LogP) is 4.81. The molecule has 1 aromatic heterocycles. The average Bonchev–Trinajstić information content (AvgIpc) is 3.43. The Morgan fingerprint density at radius 1 is 1.09 bits per heavy atom. The van der Waals surface area contributed by atoms with Crippen molar-refractivity contribution in [2.24, 2.45) is 28.8 Å². The van der Waals surface area contributed by atoms with E-state index in [2.05, 4.69) is 16.3 Å². The average molecular weight is 460 g/mol. The van der Waals surface area contributed by atoms with Crippen molar-refractivity contribution < 1.29 is 13.6 Å². The summed E-state index contributed by atoms with van der Waals surface area (Å²) < 4.78 is 29.5. The van der Waals surface area contributed by atoms with Gasteiger partial charge in [0.15, 0.2) is 0 Å². The number of carbonyl (C=O) groups is 1. The highest BCUT2D eigenvalue weighted by Gasteiger charge is 2.50. The van der Waals surface area contributed by atoms with Crippen molar-refractivity contribution in [1.82, 2.24) is 14.8 Å². The Bertz CT molecular complexity index is 1330. The molecule has 172 valence electrons. The second-order valence-corrected chi connectivity index (χ2v) is 9.77. The number of aromatic nitrogens is 2. The van der Waals surface area contributed by atoms with E-state index in [1.165, 1.54) is 17.1 Å². The molecule has 2 heterocycles. The smallest absolute Gasteiger partial charge is 0.246 e. The second-order valence-electron chi connectivity index (χ2n) is 9.77. The van der Waals surface area contributed by atoms with Crippen molar-refractivity contribution in [2.75, 3.05) is 0 Å². The topological polar surface area (TPSA) is 74.3 Å². The third kappa shape index (κ3) is 3.56. The highest BCUT2D eigenvalue weighted by Crippen LogP contribution is 2.53. The van der Waals surface area contributed by atoms with Crippen LogP contribution in [-0.2, 0) is 11.3 Å². The van der Waals surface area contributed by atoms with Gasteiger partial charge in [-0.25, -0.2) is 13.8 Å². The van der Waals surface area contributed by atoms with E-state index < -0.39 is 17.7 Å². The molecule has 3 saturated carbocycles. The van der Waals surface area contributed by atoms with Gasteiger partial charge in [0.05, 0.1) is 23.2 Å². The summed E-state index contributed by atoms with van der Waals surface area (Å²) in [5.41, 5.74) is 1.81. The number of rotatable bonds is 4. The number of amides is 1. The summed E-state index contributed by atoms with van der Waals surface area (Å²) in [6.45, 7) is 0.722. The standard InChI is InChI=1S/C26H23F2N5O/c27-21-8-19(9-22(28)11-21)25-3-4-30-33(25)26(34)23-10-20(17-6-18(23)7-17)14-32-13-16-2-1-15(12-29)5-24(16)31-32/h1-2,4-5,8-9,11,13,17-18,20,23,25H,3,6-7,10,14H2/t17?,18?,20?,23-,25?/m0/s1. The molecule has 0 N–H and O–H groups in total. The van der Waals surface area contributed by atoms with Crippen molar-refractivity contribution >= 4 is 23.0 Å². The summed E-state index contributed by atoms with van der Waals surface area (Å²) >= 11 is 0. The van der Waals surface area contributed by atoms with Crippen LogP contribution in [0.2, 0.25) is 0 Å². The molecular formula is C26H23F2N5O. The molecule has 2 unspecified atom stereocenters. The lowest BCUT2D eigenvalue weighted by atomic mass is 9.55. The number of nitrogens with zero attached hydrogens (tertiary/aromatic N) is 5. The van der Waals surface area contributed by atoms with E-state index in [0.717, 1.165) is 42.8 Å². The molecule has 3 atom stereocenters. The largest absolute Gasteiger partial charge is 0.273 e. The zero-order valence-corrected chi connectivity index (χ0v) is 18.4. The fourth-order valence-corrected chi connectivity index (χ4v) is 5.97. The lowest BCUT2D eigenvalue weighted by Gasteiger charge is -2.51. The van der Waals surface area contributed by atoms with Crippen molar-refractivity contribution in [3.05, 3.63) is 65.4 Å². The molecule has 34 heavy (non-hydrogen) atoms. The van der Waals surface area contributed by atoms with Gasteiger partial charge in [-0.05, 0) is 72.9 Å². The molecule has 2 bridgehead atoms. The number of carbonyl (C=O) groups excluding carboxylic acids is 1. The Morgan fingerprint density at radius 3 is 2.65 bits per heavy atom. The number of hydrogen-bond donors (Lipinski definition) is 0. The number of hydrogen-bond acceptors (Lipinski definition) is 4. The molecule has 6 nitrogen and oxygen atoms in total. The number of halogens is 2. The van der Waals surface area contributed by atoms with Crippen LogP contribution in [0, 0.1) is 46.6 Å². The third-order valence-electron chi connectivity index (χ3n) is 7.75. The molecule has 4 aliphatic rings. The van der Waals surface area contributed by atoms with E-state index in [4.69, 9.17) is 5.26 Å². The Labute approximate surface area is 195 Å². The lowest BCUT2D eigenvalue weighted by molar-refractivity contribution is -0.147. The van der Waals surface area contributed by atoms with Crippen LogP contribution < -0.4 is 0 Å². The zero-order valence-electron chi connectivity index (χ0n) is 18.4. The predicted molar refractivity (Wildman–Crippen MR) is 121 cm³/mol. The maximum atomic E-state index is 13.8.